The molecule has 0 fully saturated rings. The highest BCUT2D eigenvalue weighted by Crippen LogP contribution is 2.33. The summed E-state index contributed by atoms with van der Waals surface area (Å²) in [6, 6.07) is 13.3. The molecule has 2 heterocycles. The number of fused-ring (bicyclic) bond motifs is 1. The second-order valence-electron chi connectivity index (χ2n) is 7.50. The van der Waals surface area contributed by atoms with Crippen LogP contribution in [0.15, 0.2) is 48.8 Å². The Bertz CT molecular complexity index is 1280. The normalized spacial score (nSPS) is 11.0. The molecular formula is C25H25N3O3S. The number of nitrogens with zero attached hydrogens (tertiary/aromatic N) is 2. The first-order valence-electron chi connectivity index (χ1n) is 10.5. The van der Waals surface area contributed by atoms with E-state index >= 15 is 0 Å². The van der Waals surface area contributed by atoms with Crippen LogP contribution in [0.4, 0.5) is 5.82 Å². The Morgan fingerprint density at radius 2 is 2.00 bits per heavy atom. The molecule has 6 nitrogen and oxygen atoms in total. The van der Waals surface area contributed by atoms with E-state index in [-0.39, 0.29) is 5.56 Å². The SMILES string of the molecule is CCOc1cc(-c2cc(NCCc3c(C)sc4c(C)cccc34)ncn2)ccc1C(=O)O. The third-order valence-corrected chi connectivity index (χ3v) is 6.67. The largest absolute Gasteiger partial charge is 0.493 e. The number of hydrogen-bond acceptors (Lipinski definition) is 6. The molecular weight excluding hydrogens is 422 g/mol. The van der Waals surface area contributed by atoms with Gasteiger partial charge in [-0.25, -0.2) is 14.8 Å². The zero-order valence-corrected chi connectivity index (χ0v) is 19.1. The topological polar surface area (TPSA) is 84.3 Å². The number of thiophene rings is 1. The van der Waals surface area contributed by atoms with Crippen LogP contribution in [0.5, 0.6) is 5.75 Å². The van der Waals surface area contributed by atoms with Gasteiger partial charge in [-0.2, -0.15) is 0 Å². The Morgan fingerprint density at radius 1 is 1.16 bits per heavy atom. The number of carboxylic acids is 1. The lowest BCUT2D eigenvalue weighted by Crippen LogP contribution is -2.07. The predicted molar refractivity (Wildman–Crippen MR) is 129 cm³/mol. The number of hydrogen-bond donors (Lipinski definition) is 2. The lowest BCUT2D eigenvalue weighted by Gasteiger charge is -2.11. The van der Waals surface area contributed by atoms with Crippen LogP contribution in [0.1, 0.15) is 33.3 Å². The summed E-state index contributed by atoms with van der Waals surface area (Å²) in [5, 5.41) is 14.1. The summed E-state index contributed by atoms with van der Waals surface area (Å²) in [5.41, 5.74) is 4.31. The van der Waals surface area contributed by atoms with Gasteiger partial charge in [-0.1, -0.05) is 24.3 Å². The molecule has 0 atom stereocenters. The van der Waals surface area contributed by atoms with Crippen molar-refractivity contribution in [2.24, 2.45) is 0 Å². The second-order valence-corrected chi connectivity index (χ2v) is 8.73. The third-order valence-electron chi connectivity index (χ3n) is 5.37. The lowest BCUT2D eigenvalue weighted by molar-refractivity contribution is 0.0692. The van der Waals surface area contributed by atoms with Crippen LogP contribution in [0.2, 0.25) is 0 Å². The van der Waals surface area contributed by atoms with E-state index < -0.39 is 5.97 Å². The van der Waals surface area contributed by atoms with E-state index in [2.05, 4.69) is 47.3 Å². The predicted octanol–water partition coefficient (Wildman–Crippen LogP) is 5.73. The summed E-state index contributed by atoms with van der Waals surface area (Å²) in [6.45, 7) is 7.29. The summed E-state index contributed by atoms with van der Waals surface area (Å²) < 4.78 is 6.87. The number of aryl methyl sites for hydroxylation is 2. The zero-order valence-electron chi connectivity index (χ0n) is 18.3. The molecule has 0 bridgehead atoms. The van der Waals surface area contributed by atoms with Gasteiger partial charge in [0.05, 0.1) is 12.3 Å². The molecule has 0 aliphatic heterocycles. The smallest absolute Gasteiger partial charge is 0.339 e. The van der Waals surface area contributed by atoms with Gasteiger partial charge in [-0.3, -0.25) is 0 Å². The highest BCUT2D eigenvalue weighted by molar-refractivity contribution is 7.19. The molecule has 0 saturated carbocycles. The van der Waals surface area contributed by atoms with Gasteiger partial charge in [0.25, 0.3) is 0 Å². The third kappa shape index (κ3) is 4.43. The monoisotopic (exact) mass is 447 g/mol. The Balaban J connectivity index is 1.51. The Labute approximate surface area is 190 Å². The Morgan fingerprint density at radius 3 is 2.78 bits per heavy atom. The average molecular weight is 448 g/mol. The molecule has 7 heteroatoms. The van der Waals surface area contributed by atoms with E-state index in [9.17, 15) is 9.90 Å². The molecule has 4 aromatic rings. The number of carboxylic acid groups (broad SMARTS) is 1. The van der Waals surface area contributed by atoms with Crippen molar-refractivity contribution >= 4 is 33.2 Å². The van der Waals surface area contributed by atoms with Crippen LogP contribution >= 0.6 is 11.3 Å². The molecule has 0 aliphatic carbocycles. The van der Waals surface area contributed by atoms with Gasteiger partial charge in [-0.15, -0.1) is 11.3 Å². The maximum atomic E-state index is 11.4. The summed E-state index contributed by atoms with van der Waals surface area (Å²) in [4.78, 5) is 21.5. The van der Waals surface area contributed by atoms with Crippen molar-refractivity contribution in [1.82, 2.24) is 9.97 Å². The minimum Gasteiger partial charge on any atom is -0.493 e. The van der Waals surface area contributed by atoms with Gasteiger partial charge in [0.2, 0.25) is 0 Å². The standard InChI is InChI=1S/C25H25N3O3S/c1-4-31-22-12-17(8-9-20(22)25(29)30)21-13-23(28-14-27-21)26-11-10-18-16(3)32-24-15(2)6-5-7-19(18)24/h5-9,12-14H,4,10-11H2,1-3H3,(H,29,30)(H,26,27,28). The Kier molecular flexibility index (Phi) is 6.37. The first-order valence-corrected chi connectivity index (χ1v) is 11.3. The van der Waals surface area contributed by atoms with Gasteiger partial charge in [0, 0.05) is 27.8 Å². The summed E-state index contributed by atoms with van der Waals surface area (Å²) in [6.07, 6.45) is 2.41. The average Bonchev–Trinajstić information content (AvgIpc) is 3.11. The van der Waals surface area contributed by atoms with E-state index in [1.165, 1.54) is 32.4 Å². The van der Waals surface area contributed by atoms with Crippen molar-refractivity contribution in [3.05, 3.63) is 70.4 Å². The van der Waals surface area contributed by atoms with Crippen LogP contribution in [-0.4, -0.2) is 34.2 Å². The first kappa shape index (κ1) is 21.8. The van der Waals surface area contributed by atoms with E-state index in [4.69, 9.17) is 4.74 Å². The number of rotatable bonds is 8. The number of anilines is 1. The van der Waals surface area contributed by atoms with Crippen LogP contribution in [0.3, 0.4) is 0 Å². The lowest BCUT2D eigenvalue weighted by atomic mass is 10.1. The van der Waals surface area contributed by atoms with Crippen molar-refractivity contribution in [1.29, 1.82) is 0 Å². The van der Waals surface area contributed by atoms with Crippen molar-refractivity contribution in [2.75, 3.05) is 18.5 Å². The quantitative estimate of drug-likeness (QED) is 0.359. The van der Waals surface area contributed by atoms with Gasteiger partial charge in [0.15, 0.2) is 0 Å². The number of aromatic nitrogens is 2. The fourth-order valence-corrected chi connectivity index (χ4v) is 4.97. The zero-order chi connectivity index (χ0) is 22.7. The molecule has 32 heavy (non-hydrogen) atoms. The molecule has 0 unspecified atom stereocenters. The van der Waals surface area contributed by atoms with Crippen molar-refractivity contribution in [3.63, 3.8) is 0 Å². The summed E-state index contributed by atoms with van der Waals surface area (Å²) in [5.74, 6) is 0.0425. The van der Waals surface area contributed by atoms with Crippen molar-refractivity contribution in [2.45, 2.75) is 27.2 Å². The van der Waals surface area contributed by atoms with Crippen LogP contribution in [0, 0.1) is 13.8 Å². The number of aromatic carboxylic acids is 1. The number of nitrogens with one attached hydrogen (secondary N) is 1. The van der Waals surface area contributed by atoms with E-state index in [0.717, 1.165) is 24.3 Å². The molecule has 2 aromatic carbocycles. The minimum absolute atomic E-state index is 0.136. The number of ether oxygens (including phenoxy) is 1. The van der Waals surface area contributed by atoms with E-state index in [1.807, 2.05) is 24.3 Å². The molecule has 164 valence electrons. The Hall–Kier alpha value is -3.45. The van der Waals surface area contributed by atoms with E-state index in [1.54, 1.807) is 18.2 Å². The summed E-state index contributed by atoms with van der Waals surface area (Å²) >= 11 is 1.85. The molecule has 0 radical (unpaired) electrons. The van der Waals surface area contributed by atoms with Crippen molar-refractivity contribution in [3.8, 4) is 17.0 Å². The van der Waals surface area contributed by atoms with Crippen LogP contribution < -0.4 is 10.1 Å². The highest BCUT2D eigenvalue weighted by Gasteiger charge is 2.14. The van der Waals surface area contributed by atoms with Gasteiger partial charge >= 0.3 is 5.97 Å². The fraction of sp³-hybridized carbons (Fsp3) is 0.240. The molecule has 0 saturated heterocycles. The van der Waals surface area contributed by atoms with Crippen LogP contribution in [-0.2, 0) is 6.42 Å². The molecule has 0 aliphatic rings. The highest BCUT2D eigenvalue weighted by atomic mass is 32.1. The summed E-state index contributed by atoms with van der Waals surface area (Å²) in [7, 11) is 0. The van der Waals surface area contributed by atoms with E-state index in [0.29, 0.717) is 18.1 Å². The molecule has 0 spiro atoms. The minimum atomic E-state index is -1.02. The number of carbonyl (C=O) groups is 1. The van der Waals surface area contributed by atoms with Gasteiger partial charge < -0.3 is 15.2 Å². The van der Waals surface area contributed by atoms with Gasteiger partial charge in [0.1, 0.15) is 23.5 Å². The molecule has 0 amide bonds. The fourth-order valence-electron chi connectivity index (χ4n) is 3.80. The van der Waals surface area contributed by atoms with Crippen molar-refractivity contribution < 1.29 is 14.6 Å². The molecule has 4 rings (SSSR count). The first-order chi connectivity index (χ1) is 15.5. The van der Waals surface area contributed by atoms with Gasteiger partial charge in [-0.05, 0) is 55.8 Å². The second kappa shape index (κ2) is 9.36. The maximum Gasteiger partial charge on any atom is 0.339 e. The number of benzene rings is 2. The molecule has 2 N–H and O–H groups in total. The van der Waals surface area contributed by atoms with Crippen LogP contribution in [0.25, 0.3) is 21.3 Å². The molecule has 2 aromatic heterocycles. The maximum absolute atomic E-state index is 11.4.